The fourth-order valence-corrected chi connectivity index (χ4v) is 3.85. The number of aromatic nitrogens is 6. The monoisotopic (exact) mass is 377 g/mol. The molecule has 0 unspecified atom stereocenters. The highest BCUT2D eigenvalue weighted by Crippen LogP contribution is 2.26. The number of rotatable bonds is 4. The summed E-state index contributed by atoms with van der Waals surface area (Å²) in [6.07, 6.45) is 5.77. The van der Waals surface area contributed by atoms with Crippen LogP contribution in [0, 0.1) is 6.92 Å². The van der Waals surface area contributed by atoms with Gasteiger partial charge >= 0.3 is 0 Å². The number of nitrogens with one attached hydrogen (secondary N) is 1. The number of hydrogen-bond donors (Lipinski definition) is 1. The highest BCUT2D eigenvalue weighted by Gasteiger charge is 2.16. The molecule has 1 saturated heterocycles. The lowest BCUT2D eigenvalue weighted by Crippen LogP contribution is -2.28. The Morgan fingerprint density at radius 3 is 2.86 bits per heavy atom. The number of aryl methyl sites for hydroxylation is 2. The van der Waals surface area contributed by atoms with Gasteiger partial charge in [0.2, 0.25) is 5.95 Å². The predicted octanol–water partition coefficient (Wildman–Crippen LogP) is 3.06. The second-order valence-electron chi connectivity index (χ2n) is 7.11. The Balaban J connectivity index is 1.50. The van der Waals surface area contributed by atoms with Crippen LogP contribution in [0.15, 0.2) is 30.6 Å². The molecule has 0 amide bonds. The standard InChI is InChI=1S/C20H23N7O/c1-3-26-13(2)22-17-5-4-16(24-19(17)26)15-6-9-27-18(15)12-21-20(25-27)23-14-7-10-28-11-8-14/h4-6,9,12,14H,3,7-8,10-11H2,1-2H3,(H,23,25). The van der Waals surface area contributed by atoms with E-state index in [1.807, 2.05) is 42.0 Å². The third-order valence-electron chi connectivity index (χ3n) is 5.35. The number of nitrogens with zero attached hydrogens (tertiary/aromatic N) is 6. The summed E-state index contributed by atoms with van der Waals surface area (Å²) in [6, 6.07) is 6.44. The minimum absolute atomic E-state index is 0.364. The van der Waals surface area contributed by atoms with Crippen LogP contribution in [0.3, 0.4) is 0 Å². The first-order valence-corrected chi connectivity index (χ1v) is 9.76. The van der Waals surface area contributed by atoms with E-state index in [0.717, 1.165) is 66.4 Å². The summed E-state index contributed by atoms with van der Waals surface area (Å²) in [4.78, 5) is 14.0. The van der Waals surface area contributed by atoms with Gasteiger partial charge in [0.05, 0.1) is 17.4 Å². The molecule has 8 nitrogen and oxygen atoms in total. The van der Waals surface area contributed by atoms with Crippen molar-refractivity contribution in [3.05, 3.63) is 36.4 Å². The number of imidazole rings is 1. The van der Waals surface area contributed by atoms with E-state index in [1.165, 1.54) is 0 Å². The Morgan fingerprint density at radius 1 is 1.18 bits per heavy atom. The number of ether oxygens (including phenoxy) is 1. The molecular weight excluding hydrogens is 354 g/mol. The van der Waals surface area contributed by atoms with E-state index < -0.39 is 0 Å². The Kier molecular flexibility index (Phi) is 4.20. The summed E-state index contributed by atoms with van der Waals surface area (Å²) in [5.74, 6) is 1.63. The summed E-state index contributed by atoms with van der Waals surface area (Å²) >= 11 is 0. The second kappa shape index (κ2) is 6.87. The van der Waals surface area contributed by atoms with Gasteiger partial charge in [0.25, 0.3) is 0 Å². The van der Waals surface area contributed by atoms with Crippen molar-refractivity contribution in [2.45, 2.75) is 39.3 Å². The van der Waals surface area contributed by atoms with Crippen molar-refractivity contribution >= 4 is 22.6 Å². The SMILES string of the molecule is CCn1c(C)nc2ccc(-c3ccn4nc(NC5CCOCC5)ncc34)nc21. The molecule has 0 saturated carbocycles. The third-order valence-corrected chi connectivity index (χ3v) is 5.35. The van der Waals surface area contributed by atoms with Crippen LogP contribution in [0.25, 0.3) is 27.9 Å². The van der Waals surface area contributed by atoms with Gasteiger partial charge in [-0.15, -0.1) is 5.10 Å². The molecule has 4 aromatic rings. The molecule has 1 aliphatic heterocycles. The smallest absolute Gasteiger partial charge is 0.241 e. The van der Waals surface area contributed by atoms with Crippen molar-refractivity contribution in [2.75, 3.05) is 18.5 Å². The zero-order valence-corrected chi connectivity index (χ0v) is 16.1. The van der Waals surface area contributed by atoms with Crippen LogP contribution in [-0.2, 0) is 11.3 Å². The minimum atomic E-state index is 0.364. The number of anilines is 1. The van der Waals surface area contributed by atoms with Gasteiger partial charge in [-0.3, -0.25) is 0 Å². The summed E-state index contributed by atoms with van der Waals surface area (Å²) in [6.45, 7) is 6.54. The average Bonchev–Trinajstić information content (AvgIpc) is 3.27. The average molecular weight is 377 g/mol. The first kappa shape index (κ1) is 17.1. The second-order valence-corrected chi connectivity index (χ2v) is 7.11. The normalized spacial score (nSPS) is 15.5. The van der Waals surface area contributed by atoms with E-state index in [-0.39, 0.29) is 0 Å². The van der Waals surface area contributed by atoms with Gasteiger partial charge in [0.1, 0.15) is 11.3 Å². The largest absolute Gasteiger partial charge is 0.381 e. The molecule has 1 aliphatic rings. The third kappa shape index (κ3) is 2.90. The van der Waals surface area contributed by atoms with Crippen LogP contribution in [0.5, 0.6) is 0 Å². The van der Waals surface area contributed by atoms with E-state index in [1.54, 1.807) is 0 Å². The molecule has 0 aliphatic carbocycles. The summed E-state index contributed by atoms with van der Waals surface area (Å²) in [5.41, 5.74) is 4.68. The maximum absolute atomic E-state index is 5.41. The van der Waals surface area contributed by atoms with Crippen molar-refractivity contribution < 1.29 is 4.74 Å². The zero-order chi connectivity index (χ0) is 19.1. The molecule has 0 aromatic carbocycles. The van der Waals surface area contributed by atoms with Crippen molar-refractivity contribution in [3.8, 4) is 11.3 Å². The topological polar surface area (TPSA) is 82.2 Å². The molecule has 1 N–H and O–H groups in total. The number of fused-ring (bicyclic) bond motifs is 2. The molecule has 1 fully saturated rings. The first-order valence-electron chi connectivity index (χ1n) is 9.76. The minimum Gasteiger partial charge on any atom is -0.381 e. The highest BCUT2D eigenvalue weighted by molar-refractivity contribution is 5.82. The lowest BCUT2D eigenvalue weighted by Gasteiger charge is -2.22. The molecular formula is C20H23N7O. The zero-order valence-electron chi connectivity index (χ0n) is 16.1. The maximum atomic E-state index is 5.41. The van der Waals surface area contributed by atoms with Crippen molar-refractivity contribution in [1.82, 2.24) is 29.1 Å². The van der Waals surface area contributed by atoms with Crippen molar-refractivity contribution in [3.63, 3.8) is 0 Å². The Hall–Kier alpha value is -3.00. The molecule has 5 heterocycles. The molecule has 4 aromatic heterocycles. The Labute approximate surface area is 162 Å². The summed E-state index contributed by atoms with van der Waals surface area (Å²) in [5, 5.41) is 8.04. The molecule has 8 heteroatoms. The molecule has 144 valence electrons. The molecule has 5 rings (SSSR count). The van der Waals surface area contributed by atoms with Crippen LogP contribution >= 0.6 is 0 Å². The lowest BCUT2D eigenvalue weighted by atomic mass is 10.1. The maximum Gasteiger partial charge on any atom is 0.241 e. The first-order chi connectivity index (χ1) is 13.7. The number of hydrogen-bond acceptors (Lipinski definition) is 6. The van der Waals surface area contributed by atoms with E-state index in [4.69, 9.17) is 9.72 Å². The van der Waals surface area contributed by atoms with Crippen LogP contribution in [0.1, 0.15) is 25.6 Å². The van der Waals surface area contributed by atoms with Gasteiger partial charge in [-0.25, -0.2) is 19.5 Å². The summed E-state index contributed by atoms with van der Waals surface area (Å²) in [7, 11) is 0. The van der Waals surface area contributed by atoms with Crippen LogP contribution < -0.4 is 5.32 Å². The van der Waals surface area contributed by atoms with E-state index in [2.05, 4.69) is 31.9 Å². The van der Waals surface area contributed by atoms with Crippen LogP contribution in [-0.4, -0.2) is 48.4 Å². The Morgan fingerprint density at radius 2 is 2.04 bits per heavy atom. The Bertz CT molecular complexity index is 1140. The molecule has 28 heavy (non-hydrogen) atoms. The predicted molar refractivity (Wildman–Crippen MR) is 107 cm³/mol. The lowest BCUT2D eigenvalue weighted by molar-refractivity contribution is 0.0903. The molecule has 0 bridgehead atoms. The highest BCUT2D eigenvalue weighted by atomic mass is 16.5. The van der Waals surface area contributed by atoms with Gasteiger partial charge in [-0.2, -0.15) is 0 Å². The van der Waals surface area contributed by atoms with Gasteiger partial charge < -0.3 is 14.6 Å². The van der Waals surface area contributed by atoms with E-state index >= 15 is 0 Å². The van der Waals surface area contributed by atoms with Crippen molar-refractivity contribution in [1.29, 1.82) is 0 Å². The van der Waals surface area contributed by atoms with Gasteiger partial charge in [0, 0.05) is 37.6 Å². The molecule has 0 radical (unpaired) electrons. The fraction of sp³-hybridized carbons (Fsp3) is 0.400. The van der Waals surface area contributed by atoms with Gasteiger partial charge in [-0.05, 0) is 44.9 Å². The van der Waals surface area contributed by atoms with Gasteiger partial charge in [0.15, 0.2) is 5.65 Å². The summed E-state index contributed by atoms with van der Waals surface area (Å²) < 4.78 is 9.40. The van der Waals surface area contributed by atoms with E-state index in [0.29, 0.717) is 12.0 Å². The number of pyridine rings is 1. The quantitative estimate of drug-likeness (QED) is 0.589. The van der Waals surface area contributed by atoms with Crippen molar-refractivity contribution in [2.24, 2.45) is 0 Å². The van der Waals surface area contributed by atoms with Crippen LogP contribution in [0.2, 0.25) is 0 Å². The van der Waals surface area contributed by atoms with E-state index in [9.17, 15) is 0 Å². The molecule has 0 atom stereocenters. The van der Waals surface area contributed by atoms with Gasteiger partial charge in [-0.1, -0.05) is 0 Å². The molecule has 0 spiro atoms. The van der Waals surface area contributed by atoms with Crippen LogP contribution in [0.4, 0.5) is 5.95 Å². The fourth-order valence-electron chi connectivity index (χ4n) is 3.85.